The average Bonchev–Trinajstić information content (AvgIpc) is 3.67. The number of pyridine rings is 2. The lowest BCUT2D eigenvalue weighted by Gasteiger charge is -2.18. The first kappa shape index (κ1) is 25.3. The van der Waals surface area contributed by atoms with Crippen molar-refractivity contribution in [3.8, 4) is 0 Å². The molecule has 0 aliphatic carbocycles. The van der Waals surface area contributed by atoms with Crippen LogP contribution in [0.1, 0.15) is 20.7 Å². The van der Waals surface area contributed by atoms with Gasteiger partial charge in [0.05, 0.1) is 33.2 Å². The summed E-state index contributed by atoms with van der Waals surface area (Å²) < 4.78 is 3.11. The topological polar surface area (TPSA) is 143 Å². The minimum atomic E-state index is -1.07. The van der Waals surface area contributed by atoms with Crippen molar-refractivity contribution in [2.24, 2.45) is 0 Å². The number of aromatic nitrogens is 4. The van der Waals surface area contributed by atoms with Gasteiger partial charge in [0.25, 0.3) is 11.1 Å². The Morgan fingerprint density at radius 2 is 0.792 bits per heavy atom. The molecule has 0 atom stereocenters. The zero-order valence-electron chi connectivity index (χ0n) is 24.4. The lowest BCUT2D eigenvalue weighted by Crippen LogP contribution is -2.14. The maximum absolute atomic E-state index is 14.1. The van der Waals surface area contributed by atoms with E-state index in [9.17, 15) is 29.4 Å². The smallest absolute Gasteiger partial charge is 0.335 e. The number of carbonyl (C=O) groups is 2. The van der Waals surface area contributed by atoms with Crippen molar-refractivity contribution < 1.29 is 19.8 Å². The van der Waals surface area contributed by atoms with Crippen LogP contribution in [-0.2, 0) is 0 Å². The maximum Gasteiger partial charge on any atom is 0.335 e. The van der Waals surface area contributed by atoms with E-state index in [1.807, 2.05) is 48.5 Å². The van der Waals surface area contributed by atoms with Gasteiger partial charge in [-0.05, 0) is 93.0 Å². The molecule has 4 aromatic heterocycles. The SMILES string of the molecule is O=C(O)c1ccc2c(c1)nc1c3ccc4c5ccc6c7c(ccc(c8ccc(c(=O)n21)c3c84)c57)c(=O)n1c2ccc(C(=O)O)cc2nc61. The highest BCUT2D eigenvalue weighted by atomic mass is 16.4. The molecule has 0 spiro atoms. The van der Waals surface area contributed by atoms with Crippen molar-refractivity contribution in [2.75, 3.05) is 0 Å². The number of rotatable bonds is 2. The average molecular weight is 625 g/mol. The number of hydrogen-bond acceptors (Lipinski definition) is 6. The third-order valence-electron chi connectivity index (χ3n) is 10.1. The van der Waals surface area contributed by atoms with E-state index in [0.29, 0.717) is 44.1 Å². The minimum absolute atomic E-state index is 0.0933. The van der Waals surface area contributed by atoms with Gasteiger partial charge in [-0.3, -0.25) is 18.4 Å². The zero-order chi connectivity index (χ0) is 32.3. The lowest BCUT2D eigenvalue weighted by molar-refractivity contribution is 0.0686. The van der Waals surface area contributed by atoms with Crippen LogP contribution in [0.3, 0.4) is 0 Å². The molecule has 0 unspecified atom stereocenters. The third-order valence-corrected chi connectivity index (χ3v) is 10.1. The van der Waals surface area contributed by atoms with Crippen molar-refractivity contribution in [3.05, 3.63) is 117 Å². The van der Waals surface area contributed by atoms with Crippen molar-refractivity contribution in [1.29, 1.82) is 0 Å². The summed E-state index contributed by atoms with van der Waals surface area (Å²) in [5.41, 5.74) is 2.56. The molecule has 0 fully saturated rings. The van der Waals surface area contributed by atoms with Crippen LogP contribution in [-0.4, -0.2) is 40.9 Å². The highest BCUT2D eigenvalue weighted by Gasteiger charge is 2.24. The predicted molar refractivity (Wildman–Crippen MR) is 184 cm³/mol. The largest absolute Gasteiger partial charge is 0.478 e. The van der Waals surface area contributed by atoms with E-state index in [2.05, 4.69) is 0 Å². The summed E-state index contributed by atoms with van der Waals surface area (Å²) in [4.78, 5) is 61.0. The molecule has 0 saturated carbocycles. The number of fused-ring (bicyclic) bond motifs is 10. The summed E-state index contributed by atoms with van der Waals surface area (Å²) in [5.74, 6) is -2.14. The van der Waals surface area contributed by atoms with E-state index >= 15 is 0 Å². The number of nitrogens with zero attached hydrogens (tertiary/aromatic N) is 4. The van der Waals surface area contributed by atoms with Gasteiger partial charge < -0.3 is 10.2 Å². The van der Waals surface area contributed by atoms with Crippen molar-refractivity contribution in [2.45, 2.75) is 0 Å². The molecule has 10 nitrogen and oxygen atoms in total. The standard InChI is InChI=1S/C38H16N4O6/c43-35-23-9-5-19-20-6-10-24-32-22(34-40-26-14-16(38(47)48)2-12-28(26)42(34)36(24)44)8-4-18(30(20)32)17-3-7-21(31(23)29(17)19)33-39-25-13-15(37(45)46)1-11-27(25)41(33)35/h1-14H,(H,45,46)(H,47,48). The van der Waals surface area contributed by atoms with Crippen molar-refractivity contribution >= 4 is 110 Å². The van der Waals surface area contributed by atoms with Gasteiger partial charge in [-0.15, -0.1) is 0 Å². The Kier molecular flexibility index (Phi) is 4.25. The molecule has 4 heterocycles. The van der Waals surface area contributed by atoms with E-state index in [1.54, 1.807) is 20.9 Å². The Balaban J connectivity index is 1.31. The number of aromatic carboxylic acids is 2. The lowest BCUT2D eigenvalue weighted by atomic mass is 9.86. The van der Waals surface area contributed by atoms with E-state index in [-0.39, 0.29) is 22.2 Å². The fourth-order valence-electron chi connectivity index (χ4n) is 8.06. The summed E-state index contributed by atoms with van der Waals surface area (Å²) >= 11 is 0. The van der Waals surface area contributed by atoms with Crippen LogP contribution in [0.4, 0.5) is 0 Å². The first-order chi connectivity index (χ1) is 23.3. The number of benzene rings is 7. The second kappa shape index (κ2) is 8.06. The second-order valence-electron chi connectivity index (χ2n) is 12.3. The molecule has 224 valence electrons. The van der Waals surface area contributed by atoms with Gasteiger partial charge in [0.2, 0.25) is 0 Å². The van der Waals surface area contributed by atoms with Crippen LogP contribution < -0.4 is 11.1 Å². The van der Waals surface area contributed by atoms with E-state index in [1.165, 1.54) is 24.3 Å². The fourth-order valence-corrected chi connectivity index (χ4v) is 8.06. The first-order valence-corrected chi connectivity index (χ1v) is 15.1. The quantitative estimate of drug-likeness (QED) is 0.161. The van der Waals surface area contributed by atoms with Crippen LogP contribution in [0.2, 0.25) is 0 Å². The molecule has 2 N–H and O–H groups in total. The number of carboxylic acid groups (broad SMARTS) is 2. The highest BCUT2D eigenvalue weighted by Crippen LogP contribution is 2.45. The Hall–Kier alpha value is -6.94. The van der Waals surface area contributed by atoms with Gasteiger partial charge in [0.15, 0.2) is 0 Å². The normalized spacial score (nSPS) is 12.7. The van der Waals surface area contributed by atoms with E-state index in [4.69, 9.17) is 9.97 Å². The van der Waals surface area contributed by atoms with E-state index in [0.717, 1.165) is 53.9 Å². The Labute approximate surface area is 264 Å². The van der Waals surface area contributed by atoms with Crippen LogP contribution >= 0.6 is 0 Å². The summed E-state index contributed by atoms with van der Waals surface area (Å²) in [6.45, 7) is 0. The minimum Gasteiger partial charge on any atom is -0.478 e. The maximum atomic E-state index is 14.1. The van der Waals surface area contributed by atoms with Crippen LogP contribution in [0, 0.1) is 0 Å². The fraction of sp³-hybridized carbons (Fsp3) is 0. The molecule has 11 aromatic rings. The van der Waals surface area contributed by atoms with Gasteiger partial charge >= 0.3 is 11.9 Å². The molecule has 11 rings (SSSR count). The van der Waals surface area contributed by atoms with Crippen molar-refractivity contribution in [1.82, 2.24) is 18.8 Å². The number of hydrogen-bond donors (Lipinski definition) is 2. The van der Waals surface area contributed by atoms with Gasteiger partial charge in [-0.25, -0.2) is 19.6 Å². The molecule has 0 amide bonds. The molecule has 0 radical (unpaired) electrons. The van der Waals surface area contributed by atoms with Gasteiger partial charge in [-0.1, -0.05) is 24.3 Å². The Morgan fingerprint density at radius 1 is 0.458 bits per heavy atom. The third kappa shape index (κ3) is 2.76. The highest BCUT2D eigenvalue weighted by molar-refractivity contribution is 6.40. The molecule has 7 aromatic carbocycles. The van der Waals surface area contributed by atoms with Crippen LogP contribution in [0.15, 0.2) is 94.5 Å². The first-order valence-electron chi connectivity index (χ1n) is 15.1. The number of carboxylic acids is 2. The molecule has 48 heavy (non-hydrogen) atoms. The Bertz CT molecular complexity index is 3200. The molecule has 0 saturated heterocycles. The van der Waals surface area contributed by atoms with Crippen molar-refractivity contribution in [3.63, 3.8) is 0 Å². The molecule has 0 aliphatic heterocycles. The number of imidazole rings is 2. The molecule has 0 bridgehead atoms. The predicted octanol–water partition coefficient (Wildman–Crippen LogP) is 6.64. The zero-order valence-corrected chi connectivity index (χ0v) is 24.4. The van der Waals surface area contributed by atoms with E-state index < -0.39 is 11.9 Å². The molecular formula is C38H16N4O6. The monoisotopic (exact) mass is 624 g/mol. The Morgan fingerprint density at radius 3 is 1.17 bits per heavy atom. The molecule has 0 aliphatic rings. The van der Waals surface area contributed by atoms with Gasteiger partial charge in [0, 0.05) is 32.3 Å². The molecular weight excluding hydrogens is 608 g/mol. The van der Waals surface area contributed by atoms with Gasteiger partial charge in [-0.2, -0.15) is 0 Å². The molecule has 10 heteroatoms. The summed E-state index contributed by atoms with van der Waals surface area (Å²) in [5, 5.41) is 28.7. The summed E-state index contributed by atoms with van der Waals surface area (Å²) in [6.07, 6.45) is 0. The summed E-state index contributed by atoms with van der Waals surface area (Å²) in [6, 6.07) is 24.7. The van der Waals surface area contributed by atoms with Crippen LogP contribution in [0.25, 0.3) is 98.0 Å². The van der Waals surface area contributed by atoms with Gasteiger partial charge in [0.1, 0.15) is 11.3 Å². The second-order valence-corrected chi connectivity index (χ2v) is 12.3. The summed E-state index contributed by atoms with van der Waals surface area (Å²) in [7, 11) is 0. The van der Waals surface area contributed by atoms with Crippen LogP contribution in [0.5, 0.6) is 0 Å².